The van der Waals surface area contributed by atoms with Crippen LogP contribution in [0.4, 0.5) is 13.2 Å². The summed E-state index contributed by atoms with van der Waals surface area (Å²) in [6, 6.07) is 22.4. The molecule has 0 aliphatic carbocycles. The summed E-state index contributed by atoms with van der Waals surface area (Å²) in [6.45, 7) is 0. The molecule has 0 saturated carbocycles. The number of imidazole rings is 1. The summed E-state index contributed by atoms with van der Waals surface area (Å²) in [4.78, 5) is 7.76. The molecule has 1 N–H and O–H groups in total. The lowest BCUT2D eigenvalue weighted by molar-refractivity contribution is -0.137. The first-order valence-corrected chi connectivity index (χ1v) is 9.69. The van der Waals surface area contributed by atoms with Crippen LogP contribution in [0.1, 0.15) is 33.8 Å². The number of aromatic nitrogens is 2. The molecule has 0 atom stereocenters. The molecular weight excluding hydrogens is 399 g/mol. The fourth-order valence-electron chi connectivity index (χ4n) is 3.36. The standard InChI is InChI=1S/C25H18F3N3/c26-25(27,28)22-11-9-21(10-12-22)20-7-5-18(6-8-20)14-24-30-16-23(31-24)13-17-1-3-19(15-29)4-2-17/h1-12,16H,13-14H2,(H,30,31). The van der Waals surface area contributed by atoms with E-state index in [4.69, 9.17) is 5.26 Å². The molecule has 3 nitrogen and oxygen atoms in total. The van der Waals surface area contributed by atoms with Crippen molar-refractivity contribution in [2.45, 2.75) is 19.0 Å². The average molecular weight is 417 g/mol. The average Bonchev–Trinajstić information content (AvgIpc) is 3.21. The van der Waals surface area contributed by atoms with Crippen LogP contribution in [0.5, 0.6) is 0 Å². The molecule has 0 bridgehead atoms. The largest absolute Gasteiger partial charge is 0.416 e. The van der Waals surface area contributed by atoms with Crippen LogP contribution < -0.4 is 0 Å². The molecule has 31 heavy (non-hydrogen) atoms. The molecule has 0 aliphatic rings. The van der Waals surface area contributed by atoms with Gasteiger partial charge in [0.25, 0.3) is 0 Å². The Balaban J connectivity index is 1.40. The van der Waals surface area contributed by atoms with E-state index in [0.29, 0.717) is 18.4 Å². The van der Waals surface area contributed by atoms with Crippen LogP contribution in [0.3, 0.4) is 0 Å². The van der Waals surface area contributed by atoms with Crippen LogP contribution in [-0.4, -0.2) is 9.97 Å². The van der Waals surface area contributed by atoms with Crippen molar-refractivity contribution in [3.63, 3.8) is 0 Å². The smallest absolute Gasteiger partial charge is 0.345 e. The van der Waals surface area contributed by atoms with Gasteiger partial charge in [0.2, 0.25) is 0 Å². The first-order valence-electron chi connectivity index (χ1n) is 9.69. The minimum atomic E-state index is -4.33. The molecule has 6 heteroatoms. The predicted octanol–water partition coefficient (Wildman–Crippen LogP) is 6.15. The highest BCUT2D eigenvalue weighted by atomic mass is 19.4. The molecule has 0 aliphatic heterocycles. The third kappa shape index (κ3) is 5.01. The Hall–Kier alpha value is -3.85. The maximum absolute atomic E-state index is 12.7. The quantitative estimate of drug-likeness (QED) is 0.423. The normalized spacial score (nSPS) is 11.3. The molecule has 0 saturated heterocycles. The summed E-state index contributed by atoms with van der Waals surface area (Å²) in [5, 5.41) is 8.88. The summed E-state index contributed by atoms with van der Waals surface area (Å²) < 4.78 is 38.1. The van der Waals surface area contributed by atoms with Gasteiger partial charge in [-0.15, -0.1) is 0 Å². The molecule has 4 aromatic rings. The Kier molecular flexibility index (Phi) is 5.59. The number of hydrogen-bond acceptors (Lipinski definition) is 2. The van der Waals surface area contributed by atoms with E-state index in [-0.39, 0.29) is 0 Å². The summed E-state index contributed by atoms with van der Waals surface area (Å²) in [5.74, 6) is 0.839. The molecule has 1 heterocycles. The lowest BCUT2D eigenvalue weighted by Crippen LogP contribution is -2.03. The van der Waals surface area contributed by atoms with E-state index in [1.807, 2.05) is 42.6 Å². The Bertz CT molecular complexity index is 1200. The van der Waals surface area contributed by atoms with Crippen molar-refractivity contribution in [2.24, 2.45) is 0 Å². The molecule has 1 aromatic heterocycles. The molecule has 0 amide bonds. The molecular formula is C25H18F3N3. The zero-order valence-corrected chi connectivity index (χ0v) is 16.4. The Labute approximate surface area is 177 Å². The van der Waals surface area contributed by atoms with Crippen LogP contribution >= 0.6 is 0 Å². The van der Waals surface area contributed by atoms with E-state index in [2.05, 4.69) is 16.0 Å². The van der Waals surface area contributed by atoms with Gasteiger partial charge in [0.1, 0.15) is 5.82 Å². The number of rotatable bonds is 5. The van der Waals surface area contributed by atoms with Crippen LogP contribution in [0.15, 0.2) is 79.0 Å². The maximum atomic E-state index is 12.7. The van der Waals surface area contributed by atoms with Gasteiger partial charge in [-0.25, -0.2) is 4.98 Å². The second kappa shape index (κ2) is 8.49. The lowest BCUT2D eigenvalue weighted by atomic mass is 10.0. The van der Waals surface area contributed by atoms with Crippen LogP contribution in [0.25, 0.3) is 11.1 Å². The van der Waals surface area contributed by atoms with Crippen LogP contribution in [0.2, 0.25) is 0 Å². The van der Waals surface area contributed by atoms with Gasteiger partial charge in [-0.3, -0.25) is 0 Å². The fraction of sp³-hybridized carbons (Fsp3) is 0.120. The number of benzene rings is 3. The van der Waals surface area contributed by atoms with E-state index in [1.165, 1.54) is 12.1 Å². The van der Waals surface area contributed by atoms with E-state index in [9.17, 15) is 13.2 Å². The summed E-state index contributed by atoms with van der Waals surface area (Å²) in [7, 11) is 0. The molecule has 0 fully saturated rings. The first kappa shape index (κ1) is 20.4. The van der Waals surface area contributed by atoms with E-state index >= 15 is 0 Å². The lowest BCUT2D eigenvalue weighted by Gasteiger charge is -2.08. The second-order valence-corrected chi connectivity index (χ2v) is 7.29. The van der Waals surface area contributed by atoms with Crippen LogP contribution in [-0.2, 0) is 19.0 Å². The monoisotopic (exact) mass is 417 g/mol. The third-order valence-corrected chi connectivity index (χ3v) is 5.03. The number of nitrogens with one attached hydrogen (secondary N) is 1. The number of alkyl halides is 3. The number of hydrogen-bond donors (Lipinski definition) is 1. The molecule has 0 unspecified atom stereocenters. The number of nitrogens with zero attached hydrogens (tertiary/aromatic N) is 2. The van der Waals surface area contributed by atoms with E-state index in [1.54, 1.807) is 12.1 Å². The zero-order valence-electron chi connectivity index (χ0n) is 16.4. The zero-order chi connectivity index (χ0) is 21.8. The van der Waals surface area contributed by atoms with Crippen molar-refractivity contribution in [1.82, 2.24) is 9.97 Å². The first-order chi connectivity index (χ1) is 14.9. The topological polar surface area (TPSA) is 52.5 Å². The number of nitriles is 1. The molecule has 0 spiro atoms. The molecule has 3 aromatic carbocycles. The number of aromatic amines is 1. The highest BCUT2D eigenvalue weighted by Gasteiger charge is 2.29. The maximum Gasteiger partial charge on any atom is 0.416 e. The second-order valence-electron chi connectivity index (χ2n) is 7.29. The predicted molar refractivity (Wildman–Crippen MR) is 112 cm³/mol. The van der Waals surface area contributed by atoms with Gasteiger partial charge >= 0.3 is 6.18 Å². The fourth-order valence-corrected chi connectivity index (χ4v) is 3.36. The Morgan fingerprint density at radius 1 is 0.774 bits per heavy atom. The van der Waals surface area contributed by atoms with Gasteiger partial charge in [-0.2, -0.15) is 18.4 Å². The van der Waals surface area contributed by atoms with Crippen molar-refractivity contribution < 1.29 is 13.2 Å². The summed E-state index contributed by atoms with van der Waals surface area (Å²) in [5.41, 5.74) is 4.71. The van der Waals surface area contributed by atoms with E-state index < -0.39 is 11.7 Å². The minimum Gasteiger partial charge on any atom is -0.345 e. The Morgan fingerprint density at radius 3 is 1.90 bits per heavy atom. The van der Waals surface area contributed by atoms with Crippen molar-refractivity contribution in [3.05, 3.63) is 113 Å². The number of H-pyrrole nitrogens is 1. The van der Waals surface area contributed by atoms with Crippen molar-refractivity contribution in [1.29, 1.82) is 5.26 Å². The minimum absolute atomic E-state index is 0.626. The van der Waals surface area contributed by atoms with Gasteiger partial charge in [-0.1, -0.05) is 48.5 Å². The van der Waals surface area contributed by atoms with Gasteiger partial charge in [0.05, 0.1) is 17.2 Å². The third-order valence-electron chi connectivity index (χ3n) is 5.03. The summed E-state index contributed by atoms with van der Waals surface area (Å²) in [6.07, 6.45) is -1.19. The number of halogens is 3. The van der Waals surface area contributed by atoms with Crippen LogP contribution in [0, 0.1) is 11.3 Å². The van der Waals surface area contributed by atoms with E-state index in [0.717, 1.165) is 45.9 Å². The SMILES string of the molecule is N#Cc1ccc(Cc2cnc(Cc3ccc(-c4ccc(C(F)(F)F)cc4)cc3)[nH]2)cc1. The van der Waals surface area contributed by atoms with Gasteiger partial charge in [0.15, 0.2) is 0 Å². The molecule has 154 valence electrons. The van der Waals surface area contributed by atoms with Crippen molar-refractivity contribution in [2.75, 3.05) is 0 Å². The van der Waals surface area contributed by atoms with Crippen molar-refractivity contribution >= 4 is 0 Å². The summed E-state index contributed by atoms with van der Waals surface area (Å²) >= 11 is 0. The van der Waals surface area contributed by atoms with Gasteiger partial charge < -0.3 is 4.98 Å². The molecule has 4 rings (SSSR count). The highest BCUT2D eigenvalue weighted by molar-refractivity contribution is 5.64. The highest BCUT2D eigenvalue weighted by Crippen LogP contribution is 2.31. The Morgan fingerprint density at radius 2 is 1.32 bits per heavy atom. The van der Waals surface area contributed by atoms with Crippen molar-refractivity contribution in [3.8, 4) is 17.2 Å². The molecule has 0 radical (unpaired) electrons. The van der Waals surface area contributed by atoms with Gasteiger partial charge in [-0.05, 0) is 46.5 Å². The van der Waals surface area contributed by atoms with Gasteiger partial charge in [0, 0.05) is 24.7 Å².